The highest BCUT2D eigenvalue weighted by atomic mass is 32.2. The molecule has 1 unspecified atom stereocenters. The van der Waals surface area contributed by atoms with E-state index in [0.717, 1.165) is 4.31 Å². The number of hydrogen-bond donors (Lipinski definition) is 1. The van der Waals surface area contributed by atoms with Gasteiger partial charge in [0.15, 0.2) is 5.25 Å². The summed E-state index contributed by atoms with van der Waals surface area (Å²) in [7, 11) is -2.30. The number of carbonyl (C=O) groups is 1. The minimum Gasteiger partial charge on any atom is -0.480 e. The topological polar surface area (TPSA) is 74.7 Å². The molecular formula is C8H17NO4S. The van der Waals surface area contributed by atoms with E-state index in [1.165, 1.54) is 14.0 Å². The molecule has 1 N–H and O–H groups in total. The van der Waals surface area contributed by atoms with Gasteiger partial charge in [-0.3, -0.25) is 4.79 Å². The van der Waals surface area contributed by atoms with Gasteiger partial charge in [-0.25, -0.2) is 12.7 Å². The summed E-state index contributed by atoms with van der Waals surface area (Å²) in [5.74, 6) is -1.14. The van der Waals surface area contributed by atoms with Crippen LogP contribution in [0.1, 0.15) is 20.8 Å². The molecule has 0 bridgehead atoms. The fraction of sp³-hybridized carbons (Fsp3) is 0.875. The molecule has 0 fully saturated rings. The highest BCUT2D eigenvalue weighted by molar-refractivity contribution is 7.90. The number of carboxylic acids is 1. The molecule has 0 aliphatic rings. The van der Waals surface area contributed by atoms with Gasteiger partial charge >= 0.3 is 5.97 Å². The van der Waals surface area contributed by atoms with Crippen LogP contribution in [0.15, 0.2) is 0 Å². The maximum atomic E-state index is 11.6. The first-order valence-corrected chi connectivity index (χ1v) is 5.87. The monoisotopic (exact) mass is 223 g/mol. The number of carboxylic acid groups (broad SMARTS) is 1. The van der Waals surface area contributed by atoms with Gasteiger partial charge < -0.3 is 5.11 Å². The molecule has 0 spiro atoms. The molecule has 0 heterocycles. The van der Waals surface area contributed by atoms with Gasteiger partial charge in [0.25, 0.3) is 0 Å². The molecular weight excluding hydrogens is 206 g/mol. The summed E-state index contributed by atoms with van der Waals surface area (Å²) in [6.07, 6.45) is 0. The number of sulfonamides is 1. The van der Waals surface area contributed by atoms with E-state index in [9.17, 15) is 13.2 Å². The van der Waals surface area contributed by atoms with Crippen molar-refractivity contribution in [3.8, 4) is 0 Å². The van der Waals surface area contributed by atoms with Gasteiger partial charge in [-0.2, -0.15) is 0 Å². The van der Waals surface area contributed by atoms with Crippen LogP contribution in [-0.4, -0.2) is 42.6 Å². The Balaban J connectivity index is 4.70. The van der Waals surface area contributed by atoms with Crippen molar-refractivity contribution in [2.75, 3.05) is 13.6 Å². The van der Waals surface area contributed by atoms with Gasteiger partial charge in [0, 0.05) is 13.6 Å². The second-order valence-corrected chi connectivity index (χ2v) is 6.06. The zero-order valence-corrected chi connectivity index (χ0v) is 9.71. The third kappa shape index (κ3) is 3.26. The molecule has 0 saturated heterocycles. The molecule has 0 amide bonds. The van der Waals surface area contributed by atoms with Crippen LogP contribution in [0, 0.1) is 5.92 Å². The minimum absolute atomic E-state index is 0.177. The van der Waals surface area contributed by atoms with Crippen molar-refractivity contribution >= 4 is 16.0 Å². The average Bonchev–Trinajstić information content (AvgIpc) is 2.01. The summed E-state index contributed by atoms with van der Waals surface area (Å²) in [5, 5.41) is 7.21. The third-order valence-electron chi connectivity index (χ3n) is 1.85. The lowest BCUT2D eigenvalue weighted by atomic mass is 10.2. The van der Waals surface area contributed by atoms with Crippen LogP contribution >= 0.6 is 0 Å². The fourth-order valence-electron chi connectivity index (χ4n) is 1.02. The van der Waals surface area contributed by atoms with E-state index in [0.29, 0.717) is 6.54 Å². The van der Waals surface area contributed by atoms with E-state index in [4.69, 9.17) is 5.11 Å². The first-order chi connectivity index (χ1) is 6.19. The van der Waals surface area contributed by atoms with Crippen LogP contribution in [0.3, 0.4) is 0 Å². The first kappa shape index (κ1) is 13.4. The van der Waals surface area contributed by atoms with Crippen LogP contribution in [0.5, 0.6) is 0 Å². The molecule has 6 heteroatoms. The molecule has 84 valence electrons. The highest BCUT2D eigenvalue weighted by Gasteiger charge is 2.31. The Labute approximate surface area is 84.8 Å². The molecule has 0 radical (unpaired) electrons. The molecule has 0 rings (SSSR count). The molecule has 0 aromatic heterocycles. The van der Waals surface area contributed by atoms with Crippen molar-refractivity contribution in [2.45, 2.75) is 26.0 Å². The van der Waals surface area contributed by atoms with Crippen LogP contribution in [0.25, 0.3) is 0 Å². The maximum absolute atomic E-state index is 11.6. The molecule has 0 aliphatic carbocycles. The van der Waals surface area contributed by atoms with E-state index in [2.05, 4.69) is 0 Å². The van der Waals surface area contributed by atoms with E-state index in [-0.39, 0.29) is 5.92 Å². The molecule has 0 aromatic carbocycles. The van der Waals surface area contributed by atoms with Gasteiger partial charge in [-0.1, -0.05) is 13.8 Å². The molecule has 1 atom stereocenters. The normalized spacial score (nSPS) is 14.7. The second-order valence-electron chi connectivity index (χ2n) is 3.70. The molecule has 0 aliphatic heterocycles. The van der Waals surface area contributed by atoms with Crippen LogP contribution in [0.2, 0.25) is 0 Å². The quantitative estimate of drug-likeness (QED) is 0.731. The number of nitrogens with zero attached hydrogens (tertiary/aromatic N) is 1. The summed E-state index contributed by atoms with van der Waals surface area (Å²) < 4.78 is 24.2. The lowest BCUT2D eigenvalue weighted by Gasteiger charge is -2.21. The van der Waals surface area contributed by atoms with Crippen molar-refractivity contribution in [3.05, 3.63) is 0 Å². The van der Waals surface area contributed by atoms with Crippen molar-refractivity contribution in [3.63, 3.8) is 0 Å². The SMILES string of the molecule is CC(C)CN(C)S(=O)(=O)C(C)C(=O)O. The Hall–Kier alpha value is -0.620. The van der Waals surface area contributed by atoms with Gasteiger partial charge in [0.1, 0.15) is 0 Å². The molecule has 14 heavy (non-hydrogen) atoms. The minimum atomic E-state index is -3.70. The van der Waals surface area contributed by atoms with Crippen molar-refractivity contribution in [1.82, 2.24) is 4.31 Å². The molecule has 0 saturated carbocycles. The zero-order chi connectivity index (χ0) is 11.5. The van der Waals surface area contributed by atoms with Gasteiger partial charge in [0.05, 0.1) is 0 Å². The van der Waals surface area contributed by atoms with Gasteiger partial charge in [-0.15, -0.1) is 0 Å². The fourth-order valence-corrected chi connectivity index (χ4v) is 2.32. The third-order valence-corrected chi connectivity index (χ3v) is 3.96. The number of aliphatic carboxylic acids is 1. The van der Waals surface area contributed by atoms with E-state index in [1.807, 2.05) is 13.8 Å². The van der Waals surface area contributed by atoms with E-state index in [1.54, 1.807) is 0 Å². The average molecular weight is 223 g/mol. The Morgan fingerprint density at radius 3 is 2.07 bits per heavy atom. The smallest absolute Gasteiger partial charge is 0.323 e. The summed E-state index contributed by atoms with van der Waals surface area (Å²) >= 11 is 0. The van der Waals surface area contributed by atoms with Gasteiger partial charge in [-0.05, 0) is 12.8 Å². The number of rotatable bonds is 5. The lowest BCUT2D eigenvalue weighted by molar-refractivity contribution is -0.136. The van der Waals surface area contributed by atoms with E-state index < -0.39 is 21.2 Å². The summed E-state index contributed by atoms with van der Waals surface area (Å²) in [5.41, 5.74) is 0. The van der Waals surface area contributed by atoms with Crippen molar-refractivity contribution in [2.24, 2.45) is 5.92 Å². The van der Waals surface area contributed by atoms with E-state index >= 15 is 0 Å². The number of hydrogen-bond acceptors (Lipinski definition) is 3. The van der Waals surface area contributed by atoms with Crippen molar-refractivity contribution < 1.29 is 18.3 Å². The van der Waals surface area contributed by atoms with Crippen LogP contribution < -0.4 is 0 Å². The predicted molar refractivity (Wildman–Crippen MR) is 53.5 cm³/mol. The summed E-state index contributed by atoms with van der Waals surface area (Å²) in [6, 6.07) is 0. The largest absolute Gasteiger partial charge is 0.480 e. The van der Waals surface area contributed by atoms with Crippen LogP contribution in [0.4, 0.5) is 0 Å². The van der Waals surface area contributed by atoms with Crippen LogP contribution in [-0.2, 0) is 14.8 Å². The van der Waals surface area contributed by atoms with Crippen molar-refractivity contribution in [1.29, 1.82) is 0 Å². The Morgan fingerprint density at radius 1 is 1.36 bits per heavy atom. The summed E-state index contributed by atoms with van der Waals surface area (Å²) in [4.78, 5) is 10.5. The second kappa shape index (κ2) is 4.75. The Bertz CT molecular complexity index is 296. The Kier molecular flexibility index (Phi) is 4.54. The lowest BCUT2D eigenvalue weighted by Crippen LogP contribution is -2.40. The molecule has 0 aromatic rings. The maximum Gasteiger partial charge on any atom is 0.323 e. The first-order valence-electron chi connectivity index (χ1n) is 4.37. The highest BCUT2D eigenvalue weighted by Crippen LogP contribution is 2.09. The molecule has 5 nitrogen and oxygen atoms in total. The zero-order valence-electron chi connectivity index (χ0n) is 8.89. The Morgan fingerprint density at radius 2 is 1.79 bits per heavy atom. The summed E-state index contributed by atoms with van der Waals surface area (Å²) in [6.45, 7) is 5.25. The predicted octanol–water partition coefficient (Wildman–Crippen LogP) is 0.377. The van der Waals surface area contributed by atoms with Gasteiger partial charge in [0.2, 0.25) is 10.0 Å². The standard InChI is InChI=1S/C8H17NO4S/c1-6(2)5-9(4)14(12,13)7(3)8(10)11/h6-7H,5H2,1-4H3,(H,10,11).